The first-order chi connectivity index (χ1) is 9.88. The van der Waals surface area contributed by atoms with Gasteiger partial charge in [0.05, 0.1) is 0 Å². The predicted octanol–water partition coefficient (Wildman–Crippen LogP) is 2.82. The van der Waals surface area contributed by atoms with Crippen molar-refractivity contribution in [3.8, 4) is 0 Å². The summed E-state index contributed by atoms with van der Waals surface area (Å²) in [4.78, 5) is 4.58. The number of unbranched alkanes of at least 4 members (excludes halogenated alkanes) is 2. The standard InChI is InChI=1S/C16H21N3O/c17-11-5-1-2-8-15-18-16(19-20-15)14-10-9-12-6-3-4-7-13(12)14/h3-4,6-7,14H,1-2,5,8-11,17H2. The highest BCUT2D eigenvalue weighted by molar-refractivity contribution is 5.38. The number of hydrogen-bond donors (Lipinski definition) is 1. The van der Waals surface area contributed by atoms with Gasteiger partial charge < -0.3 is 10.3 Å². The Hall–Kier alpha value is -1.68. The molecular weight excluding hydrogens is 250 g/mol. The zero-order chi connectivity index (χ0) is 13.8. The van der Waals surface area contributed by atoms with Gasteiger partial charge in [-0.05, 0) is 43.4 Å². The van der Waals surface area contributed by atoms with Gasteiger partial charge in [0.25, 0.3) is 0 Å². The molecule has 0 bridgehead atoms. The Labute approximate surface area is 119 Å². The lowest BCUT2D eigenvalue weighted by atomic mass is 10.0. The third-order valence-electron chi connectivity index (χ3n) is 4.02. The molecule has 0 radical (unpaired) electrons. The van der Waals surface area contributed by atoms with Crippen molar-refractivity contribution in [1.29, 1.82) is 0 Å². The summed E-state index contributed by atoms with van der Waals surface area (Å²) >= 11 is 0. The highest BCUT2D eigenvalue weighted by atomic mass is 16.5. The van der Waals surface area contributed by atoms with Crippen molar-refractivity contribution >= 4 is 0 Å². The smallest absolute Gasteiger partial charge is 0.226 e. The molecule has 1 heterocycles. The van der Waals surface area contributed by atoms with Crippen LogP contribution in [0, 0.1) is 0 Å². The molecule has 0 spiro atoms. The molecule has 4 heteroatoms. The summed E-state index contributed by atoms with van der Waals surface area (Å²) < 4.78 is 5.38. The van der Waals surface area contributed by atoms with Gasteiger partial charge in [-0.3, -0.25) is 0 Å². The van der Waals surface area contributed by atoms with E-state index in [2.05, 4.69) is 34.4 Å². The normalized spacial score (nSPS) is 17.4. The average molecular weight is 271 g/mol. The van der Waals surface area contributed by atoms with Gasteiger partial charge in [0, 0.05) is 12.3 Å². The first-order valence-electron chi connectivity index (χ1n) is 7.49. The number of hydrogen-bond acceptors (Lipinski definition) is 4. The number of rotatable bonds is 6. The number of benzene rings is 1. The maximum atomic E-state index is 5.49. The fourth-order valence-electron chi connectivity index (χ4n) is 2.93. The van der Waals surface area contributed by atoms with Gasteiger partial charge in [-0.1, -0.05) is 35.8 Å². The van der Waals surface area contributed by atoms with Crippen LogP contribution in [0.2, 0.25) is 0 Å². The number of aryl methyl sites for hydroxylation is 2. The molecular formula is C16H21N3O. The lowest BCUT2D eigenvalue weighted by molar-refractivity contribution is 0.367. The van der Waals surface area contributed by atoms with E-state index >= 15 is 0 Å². The predicted molar refractivity (Wildman–Crippen MR) is 77.5 cm³/mol. The fourth-order valence-corrected chi connectivity index (χ4v) is 2.93. The number of fused-ring (bicyclic) bond motifs is 1. The maximum absolute atomic E-state index is 5.49. The van der Waals surface area contributed by atoms with Crippen LogP contribution in [0.3, 0.4) is 0 Å². The Kier molecular flexibility index (Phi) is 4.11. The molecule has 4 nitrogen and oxygen atoms in total. The van der Waals surface area contributed by atoms with Crippen molar-refractivity contribution in [2.24, 2.45) is 5.73 Å². The molecule has 0 fully saturated rings. The molecule has 1 aliphatic rings. The maximum Gasteiger partial charge on any atom is 0.226 e. The second-order valence-corrected chi connectivity index (χ2v) is 5.44. The number of nitrogens with zero attached hydrogens (tertiary/aromatic N) is 2. The van der Waals surface area contributed by atoms with E-state index in [9.17, 15) is 0 Å². The minimum absolute atomic E-state index is 0.313. The molecule has 2 N–H and O–H groups in total. The Balaban J connectivity index is 1.66. The van der Waals surface area contributed by atoms with Crippen LogP contribution < -0.4 is 5.73 Å². The largest absolute Gasteiger partial charge is 0.339 e. The van der Waals surface area contributed by atoms with E-state index in [1.165, 1.54) is 11.1 Å². The summed E-state index contributed by atoms with van der Waals surface area (Å²) in [5.41, 5.74) is 8.28. The third kappa shape index (κ3) is 2.75. The molecule has 1 aromatic carbocycles. The van der Waals surface area contributed by atoms with Crippen molar-refractivity contribution in [3.05, 3.63) is 47.1 Å². The average Bonchev–Trinajstić information content (AvgIpc) is 3.10. The summed E-state index contributed by atoms with van der Waals surface area (Å²) in [6.07, 6.45) is 6.33. The minimum Gasteiger partial charge on any atom is -0.339 e. The van der Waals surface area contributed by atoms with Crippen molar-refractivity contribution < 1.29 is 4.52 Å². The lowest BCUT2D eigenvalue weighted by Crippen LogP contribution is -1.99. The topological polar surface area (TPSA) is 64.9 Å². The third-order valence-corrected chi connectivity index (χ3v) is 4.02. The van der Waals surface area contributed by atoms with Crippen LogP contribution in [0.4, 0.5) is 0 Å². The zero-order valence-electron chi connectivity index (χ0n) is 11.7. The van der Waals surface area contributed by atoms with Gasteiger partial charge in [-0.2, -0.15) is 4.98 Å². The zero-order valence-corrected chi connectivity index (χ0v) is 11.7. The van der Waals surface area contributed by atoms with Gasteiger partial charge in [-0.15, -0.1) is 0 Å². The first-order valence-corrected chi connectivity index (χ1v) is 7.49. The van der Waals surface area contributed by atoms with E-state index in [0.29, 0.717) is 5.92 Å². The molecule has 2 aromatic rings. The molecule has 3 rings (SSSR count). The lowest BCUT2D eigenvalue weighted by Gasteiger charge is -2.05. The first kappa shape index (κ1) is 13.3. The van der Waals surface area contributed by atoms with E-state index in [1.54, 1.807) is 0 Å². The molecule has 1 unspecified atom stereocenters. The van der Waals surface area contributed by atoms with Gasteiger partial charge in [0.15, 0.2) is 5.82 Å². The highest BCUT2D eigenvalue weighted by Crippen LogP contribution is 2.36. The Bertz CT molecular complexity index is 564. The molecule has 0 saturated carbocycles. The quantitative estimate of drug-likeness (QED) is 0.820. The molecule has 0 saturated heterocycles. The van der Waals surface area contributed by atoms with Crippen LogP contribution in [-0.2, 0) is 12.8 Å². The second kappa shape index (κ2) is 6.18. The summed E-state index contributed by atoms with van der Waals surface area (Å²) in [6, 6.07) is 8.57. The van der Waals surface area contributed by atoms with Gasteiger partial charge in [0.1, 0.15) is 0 Å². The van der Waals surface area contributed by atoms with Gasteiger partial charge in [-0.25, -0.2) is 0 Å². The fraction of sp³-hybridized carbons (Fsp3) is 0.500. The Morgan fingerprint density at radius 3 is 3.00 bits per heavy atom. The molecule has 0 amide bonds. The molecule has 1 aromatic heterocycles. The van der Waals surface area contributed by atoms with Crippen LogP contribution in [0.15, 0.2) is 28.8 Å². The molecule has 0 aliphatic heterocycles. The number of aromatic nitrogens is 2. The second-order valence-electron chi connectivity index (χ2n) is 5.44. The Morgan fingerprint density at radius 2 is 2.10 bits per heavy atom. The SMILES string of the molecule is NCCCCCc1nc(C2CCc3ccccc32)no1. The van der Waals surface area contributed by atoms with E-state index in [0.717, 1.165) is 56.8 Å². The molecule has 1 atom stereocenters. The van der Waals surface area contributed by atoms with E-state index in [4.69, 9.17) is 10.3 Å². The molecule has 20 heavy (non-hydrogen) atoms. The van der Waals surface area contributed by atoms with Crippen molar-refractivity contribution in [2.75, 3.05) is 6.54 Å². The van der Waals surface area contributed by atoms with Gasteiger partial charge in [0.2, 0.25) is 5.89 Å². The molecule has 106 valence electrons. The summed E-state index contributed by atoms with van der Waals surface area (Å²) in [5.74, 6) is 1.93. The van der Waals surface area contributed by atoms with Crippen LogP contribution in [0.1, 0.15) is 54.4 Å². The Morgan fingerprint density at radius 1 is 1.20 bits per heavy atom. The van der Waals surface area contributed by atoms with Crippen LogP contribution in [0.25, 0.3) is 0 Å². The van der Waals surface area contributed by atoms with E-state index < -0.39 is 0 Å². The monoisotopic (exact) mass is 271 g/mol. The highest BCUT2D eigenvalue weighted by Gasteiger charge is 2.27. The number of nitrogens with two attached hydrogens (primary N) is 1. The van der Waals surface area contributed by atoms with Crippen LogP contribution >= 0.6 is 0 Å². The van der Waals surface area contributed by atoms with Crippen molar-refractivity contribution in [1.82, 2.24) is 10.1 Å². The summed E-state index contributed by atoms with van der Waals surface area (Å²) in [6.45, 7) is 0.758. The van der Waals surface area contributed by atoms with Crippen LogP contribution in [0.5, 0.6) is 0 Å². The van der Waals surface area contributed by atoms with Crippen molar-refractivity contribution in [3.63, 3.8) is 0 Å². The molecule has 1 aliphatic carbocycles. The summed E-state index contributed by atoms with van der Waals surface area (Å²) in [7, 11) is 0. The minimum atomic E-state index is 0.313. The van der Waals surface area contributed by atoms with Crippen molar-refractivity contribution in [2.45, 2.75) is 44.4 Å². The van der Waals surface area contributed by atoms with Crippen LogP contribution in [-0.4, -0.2) is 16.7 Å². The van der Waals surface area contributed by atoms with E-state index in [1.807, 2.05) is 0 Å². The van der Waals surface area contributed by atoms with E-state index in [-0.39, 0.29) is 0 Å². The van der Waals surface area contributed by atoms with Gasteiger partial charge >= 0.3 is 0 Å². The summed E-state index contributed by atoms with van der Waals surface area (Å²) in [5, 5.41) is 4.19.